The molecule has 4 aliphatic rings. The summed E-state index contributed by atoms with van der Waals surface area (Å²) in [6, 6.07) is 0. The Kier molecular flexibility index (Phi) is 3.61. The molecule has 4 rings (SSSR count). The first-order chi connectivity index (χ1) is 11.0. The molecular weight excluding hydrogens is 284 g/mol. The molecule has 4 fully saturated rings. The number of ketones is 1. The maximum atomic E-state index is 12.8. The van der Waals surface area contributed by atoms with Crippen LogP contribution in [0, 0.1) is 40.9 Å². The number of Topliss-reactive ketones (excluding diaryl/α,β-unsaturated/α-hetero) is 1. The van der Waals surface area contributed by atoms with Crippen molar-refractivity contribution in [3.05, 3.63) is 24.8 Å². The average molecular weight is 314 g/mol. The molecule has 0 aromatic carbocycles. The number of carbonyl (C=O) groups excluding carboxylic acids is 1. The smallest absolute Gasteiger partial charge is 0.162 e. The van der Waals surface area contributed by atoms with E-state index in [9.17, 15) is 9.90 Å². The second-order valence-electron chi connectivity index (χ2n) is 8.89. The predicted octanol–water partition coefficient (Wildman–Crippen LogP) is 4.15. The van der Waals surface area contributed by atoms with Gasteiger partial charge in [-0.2, -0.15) is 0 Å². The Morgan fingerprint density at radius 3 is 2.65 bits per heavy atom. The van der Waals surface area contributed by atoms with Gasteiger partial charge in [-0.3, -0.25) is 4.79 Å². The molecule has 23 heavy (non-hydrogen) atoms. The molecule has 0 spiro atoms. The molecule has 2 nitrogen and oxygen atoms in total. The van der Waals surface area contributed by atoms with E-state index in [-0.39, 0.29) is 23.4 Å². The molecular formula is C21H30O2. The van der Waals surface area contributed by atoms with Gasteiger partial charge in [0, 0.05) is 11.8 Å². The Hall–Kier alpha value is -0.890. The van der Waals surface area contributed by atoms with Crippen LogP contribution in [0.1, 0.15) is 51.9 Å². The summed E-state index contributed by atoms with van der Waals surface area (Å²) >= 11 is 0. The molecule has 0 saturated heterocycles. The summed E-state index contributed by atoms with van der Waals surface area (Å²) in [5, 5.41) is 10.5. The Labute approximate surface area is 140 Å². The van der Waals surface area contributed by atoms with Crippen LogP contribution in [-0.2, 0) is 4.79 Å². The van der Waals surface area contributed by atoms with E-state index in [0.717, 1.165) is 37.2 Å². The number of aliphatic hydroxyl groups is 1. The van der Waals surface area contributed by atoms with Gasteiger partial charge in [-0.15, -0.1) is 6.58 Å². The van der Waals surface area contributed by atoms with E-state index in [1.54, 1.807) is 0 Å². The first-order valence-corrected chi connectivity index (χ1v) is 9.51. The third kappa shape index (κ3) is 2.06. The SMILES string of the molecule is C=CC1C[C@H]2C(CC[C@@H]3[C@@H]2CC[C@]2(C)[C@@H](O)CC[C@@H]32)C(=O)C1=C. The number of fused-ring (bicyclic) bond motifs is 5. The third-order valence-electron chi connectivity index (χ3n) is 8.23. The highest BCUT2D eigenvalue weighted by atomic mass is 16.3. The highest BCUT2D eigenvalue weighted by molar-refractivity contribution is 5.98. The number of hydrogen-bond donors (Lipinski definition) is 1. The summed E-state index contributed by atoms with van der Waals surface area (Å²) in [7, 11) is 0. The molecule has 0 aromatic heterocycles. The van der Waals surface area contributed by atoms with Crippen molar-refractivity contribution < 1.29 is 9.90 Å². The minimum Gasteiger partial charge on any atom is -0.393 e. The van der Waals surface area contributed by atoms with Crippen LogP contribution in [0.4, 0.5) is 0 Å². The van der Waals surface area contributed by atoms with Crippen molar-refractivity contribution >= 4 is 5.78 Å². The first kappa shape index (κ1) is 15.6. The number of allylic oxidation sites excluding steroid dienone is 2. The molecule has 4 saturated carbocycles. The Morgan fingerprint density at radius 1 is 1.13 bits per heavy atom. The van der Waals surface area contributed by atoms with Crippen LogP contribution in [-0.4, -0.2) is 17.0 Å². The molecule has 0 heterocycles. The van der Waals surface area contributed by atoms with Gasteiger partial charge in [0.25, 0.3) is 0 Å². The molecule has 0 aromatic rings. The van der Waals surface area contributed by atoms with Gasteiger partial charge in [0.05, 0.1) is 6.10 Å². The predicted molar refractivity (Wildman–Crippen MR) is 91.7 cm³/mol. The van der Waals surface area contributed by atoms with E-state index in [2.05, 4.69) is 20.1 Å². The van der Waals surface area contributed by atoms with Crippen molar-refractivity contribution in [2.75, 3.05) is 0 Å². The van der Waals surface area contributed by atoms with E-state index in [1.807, 2.05) is 6.08 Å². The topological polar surface area (TPSA) is 37.3 Å². The van der Waals surface area contributed by atoms with Crippen LogP contribution in [0.5, 0.6) is 0 Å². The summed E-state index contributed by atoms with van der Waals surface area (Å²) in [5.74, 6) is 3.31. The summed E-state index contributed by atoms with van der Waals surface area (Å²) < 4.78 is 0. The lowest BCUT2D eigenvalue weighted by atomic mass is 9.49. The second kappa shape index (κ2) is 5.31. The summed E-state index contributed by atoms with van der Waals surface area (Å²) in [4.78, 5) is 12.8. The van der Waals surface area contributed by atoms with Crippen molar-refractivity contribution in [1.29, 1.82) is 0 Å². The van der Waals surface area contributed by atoms with E-state index in [0.29, 0.717) is 23.5 Å². The molecule has 2 heteroatoms. The highest BCUT2D eigenvalue weighted by Crippen LogP contribution is 2.62. The van der Waals surface area contributed by atoms with Crippen LogP contribution in [0.25, 0.3) is 0 Å². The lowest BCUT2D eigenvalue weighted by molar-refractivity contribution is -0.132. The zero-order chi connectivity index (χ0) is 16.4. The van der Waals surface area contributed by atoms with E-state index >= 15 is 0 Å². The Bertz CT molecular complexity index is 550. The molecule has 0 aliphatic heterocycles. The van der Waals surface area contributed by atoms with Gasteiger partial charge in [-0.25, -0.2) is 0 Å². The van der Waals surface area contributed by atoms with Crippen molar-refractivity contribution in [2.45, 2.75) is 58.0 Å². The largest absolute Gasteiger partial charge is 0.393 e. The maximum Gasteiger partial charge on any atom is 0.162 e. The Balaban J connectivity index is 1.62. The molecule has 126 valence electrons. The third-order valence-corrected chi connectivity index (χ3v) is 8.23. The van der Waals surface area contributed by atoms with Gasteiger partial charge in [0.1, 0.15) is 0 Å². The minimum absolute atomic E-state index is 0.111. The minimum atomic E-state index is -0.111. The van der Waals surface area contributed by atoms with E-state index < -0.39 is 0 Å². The van der Waals surface area contributed by atoms with Gasteiger partial charge in [0.2, 0.25) is 0 Å². The van der Waals surface area contributed by atoms with Crippen molar-refractivity contribution in [1.82, 2.24) is 0 Å². The van der Waals surface area contributed by atoms with Gasteiger partial charge in [0.15, 0.2) is 5.78 Å². The lowest BCUT2D eigenvalue weighted by Crippen LogP contribution is -2.51. The first-order valence-electron chi connectivity index (χ1n) is 9.51. The summed E-state index contributed by atoms with van der Waals surface area (Å²) in [6.45, 7) is 10.3. The zero-order valence-electron chi connectivity index (χ0n) is 14.3. The van der Waals surface area contributed by atoms with Crippen LogP contribution in [0.3, 0.4) is 0 Å². The van der Waals surface area contributed by atoms with Gasteiger partial charge in [-0.05, 0) is 79.6 Å². The van der Waals surface area contributed by atoms with Gasteiger partial charge in [-0.1, -0.05) is 19.6 Å². The summed E-state index contributed by atoms with van der Waals surface area (Å²) in [5.41, 5.74) is 0.935. The molecule has 1 N–H and O–H groups in total. The zero-order valence-corrected chi connectivity index (χ0v) is 14.3. The van der Waals surface area contributed by atoms with Crippen LogP contribution >= 0.6 is 0 Å². The summed E-state index contributed by atoms with van der Waals surface area (Å²) in [6.07, 6.45) is 9.60. The number of hydrogen-bond acceptors (Lipinski definition) is 2. The highest BCUT2D eigenvalue weighted by Gasteiger charge is 2.57. The Morgan fingerprint density at radius 2 is 1.91 bits per heavy atom. The van der Waals surface area contributed by atoms with E-state index in [4.69, 9.17) is 0 Å². The van der Waals surface area contributed by atoms with Gasteiger partial charge >= 0.3 is 0 Å². The van der Waals surface area contributed by atoms with E-state index in [1.165, 1.54) is 19.3 Å². The monoisotopic (exact) mass is 314 g/mol. The van der Waals surface area contributed by atoms with Crippen molar-refractivity contribution in [3.8, 4) is 0 Å². The van der Waals surface area contributed by atoms with Crippen molar-refractivity contribution in [3.63, 3.8) is 0 Å². The lowest BCUT2D eigenvalue weighted by Gasteiger charge is -2.55. The number of rotatable bonds is 1. The molecule has 8 atom stereocenters. The van der Waals surface area contributed by atoms with Crippen molar-refractivity contribution in [2.24, 2.45) is 40.9 Å². The van der Waals surface area contributed by atoms with Crippen LogP contribution in [0.15, 0.2) is 24.8 Å². The molecule has 2 unspecified atom stereocenters. The average Bonchev–Trinajstić information content (AvgIpc) is 2.86. The van der Waals surface area contributed by atoms with Crippen LogP contribution < -0.4 is 0 Å². The molecule has 0 radical (unpaired) electrons. The quantitative estimate of drug-likeness (QED) is 0.583. The fourth-order valence-electron chi connectivity index (χ4n) is 6.88. The van der Waals surface area contributed by atoms with Gasteiger partial charge < -0.3 is 5.11 Å². The molecule has 0 bridgehead atoms. The fourth-order valence-corrected chi connectivity index (χ4v) is 6.88. The fraction of sp³-hybridized carbons (Fsp3) is 0.762. The molecule has 0 amide bonds. The number of carbonyl (C=O) groups is 1. The number of aliphatic hydroxyl groups excluding tert-OH is 1. The second-order valence-corrected chi connectivity index (χ2v) is 8.89. The standard InChI is InChI=1S/C21H30O2/c1-4-13-11-17-14-9-10-21(3)18(7-8-19(21)22)15(14)5-6-16(17)20(23)12(13)2/h4,13-19,22H,1-2,5-11H2,3H3/t13?,14-,15+,16?,17+,18-,19-,21-/m0/s1. The maximum absolute atomic E-state index is 12.8. The molecule has 4 aliphatic carbocycles. The normalized spacial score (nSPS) is 52.5. The van der Waals surface area contributed by atoms with Crippen LogP contribution in [0.2, 0.25) is 0 Å².